The fourth-order valence-corrected chi connectivity index (χ4v) is 1.87. The van der Waals surface area contributed by atoms with Gasteiger partial charge in [0.25, 0.3) is 0 Å². The molecule has 3 heteroatoms. The zero-order valence-corrected chi connectivity index (χ0v) is 7.92. The van der Waals surface area contributed by atoms with Gasteiger partial charge < -0.3 is 10.6 Å². The molecule has 1 rings (SSSR count). The first-order valence-electron chi connectivity index (χ1n) is 4.70. The summed E-state index contributed by atoms with van der Waals surface area (Å²) in [6.07, 6.45) is 1.69. The maximum Gasteiger partial charge on any atom is 0.222 e. The molecule has 2 unspecified atom stereocenters. The monoisotopic (exact) mass is 170 g/mol. The quantitative estimate of drug-likeness (QED) is 0.659. The molecule has 0 radical (unpaired) electrons. The topological polar surface area (TPSA) is 46.3 Å². The molecule has 0 spiro atoms. The second-order valence-electron chi connectivity index (χ2n) is 3.47. The van der Waals surface area contributed by atoms with E-state index in [2.05, 4.69) is 6.92 Å². The number of nitrogens with two attached hydrogens (primary N) is 1. The van der Waals surface area contributed by atoms with Gasteiger partial charge in [-0.05, 0) is 25.8 Å². The fourth-order valence-electron chi connectivity index (χ4n) is 1.87. The number of hydrogen-bond donors (Lipinski definition) is 1. The molecule has 1 aliphatic rings. The molecule has 2 N–H and O–H groups in total. The minimum absolute atomic E-state index is 0.262. The lowest BCUT2D eigenvalue weighted by molar-refractivity contribution is -0.131. The van der Waals surface area contributed by atoms with E-state index in [1.54, 1.807) is 0 Å². The molecule has 0 aromatic heterocycles. The molecule has 12 heavy (non-hydrogen) atoms. The molecule has 1 amide bonds. The van der Waals surface area contributed by atoms with E-state index < -0.39 is 0 Å². The Kier molecular flexibility index (Phi) is 3.09. The zero-order chi connectivity index (χ0) is 9.14. The predicted molar refractivity (Wildman–Crippen MR) is 48.6 cm³/mol. The highest BCUT2D eigenvalue weighted by molar-refractivity contribution is 5.76. The Labute approximate surface area is 73.9 Å². The number of hydrogen-bond acceptors (Lipinski definition) is 2. The predicted octanol–water partition coefficient (Wildman–Crippen LogP) is 0.592. The van der Waals surface area contributed by atoms with Gasteiger partial charge in [0.15, 0.2) is 0 Å². The van der Waals surface area contributed by atoms with Crippen molar-refractivity contribution in [3.05, 3.63) is 0 Å². The van der Waals surface area contributed by atoms with Crippen LogP contribution < -0.4 is 5.73 Å². The van der Waals surface area contributed by atoms with Gasteiger partial charge in [0.1, 0.15) is 0 Å². The maximum atomic E-state index is 11.4. The second-order valence-corrected chi connectivity index (χ2v) is 3.47. The van der Waals surface area contributed by atoms with E-state index in [4.69, 9.17) is 5.73 Å². The Bertz CT molecular complexity index is 170. The molecule has 2 atom stereocenters. The van der Waals surface area contributed by atoms with E-state index in [0.717, 1.165) is 13.0 Å². The Morgan fingerprint density at radius 1 is 1.67 bits per heavy atom. The molecule has 1 fully saturated rings. The molecule has 0 saturated carbocycles. The zero-order valence-electron chi connectivity index (χ0n) is 7.92. The van der Waals surface area contributed by atoms with Crippen molar-refractivity contribution in [3.63, 3.8) is 0 Å². The average Bonchev–Trinajstić information content (AvgIpc) is 2.45. The molecule has 0 bridgehead atoms. The highest BCUT2D eigenvalue weighted by Crippen LogP contribution is 2.23. The third-order valence-corrected chi connectivity index (χ3v) is 2.84. The van der Waals surface area contributed by atoms with Crippen LogP contribution in [0.3, 0.4) is 0 Å². The third-order valence-electron chi connectivity index (χ3n) is 2.84. The maximum absolute atomic E-state index is 11.4. The van der Waals surface area contributed by atoms with Crippen molar-refractivity contribution in [2.75, 3.05) is 13.1 Å². The van der Waals surface area contributed by atoms with Crippen molar-refractivity contribution < 1.29 is 4.79 Å². The summed E-state index contributed by atoms with van der Waals surface area (Å²) in [5.41, 5.74) is 5.59. The van der Waals surface area contributed by atoms with Crippen LogP contribution in [0, 0.1) is 5.92 Å². The number of carbonyl (C=O) groups excluding carboxylic acids is 1. The molecule has 0 aromatic carbocycles. The average molecular weight is 170 g/mol. The van der Waals surface area contributed by atoms with Gasteiger partial charge in [-0.1, -0.05) is 6.92 Å². The van der Waals surface area contributed by atoms with Crippen LogP contribution in [0.1, 0.15) is 26.7 Å². The summed E-state index contributed by atoms with van der Waals surface area (Å²) in [4.78, 5) is 13.3. The van der Waals surface area contributed by atoms with Crippen molar-refractivity contribution in [3.8, 4) is 0 Å². The van der Waals surface area contributed by atoms with Gasteiger partial charge in [-0.3, -0.25) is 4.79 Å². The van der Waals surface area contributed by atoms with Gasteiger partial charge in [0.05, 0.1) is 0 Å². The lowest BCUT2D eigenvalue weighted by Gasteiger charge is -2.23. The molecule has 1 saturated heterocycles. The van der Waals surface area contributed by atoms with Crippen LogP contribution in [0.2, 0.25) is 0 Å². The Hall–Kier alpha value is -0.570. The molecule has 70 valence electrons. The largest absolute Gasteiger partial charge is 0.340 e. The summed E-state index contributed by atoms with van der Waals surface area (Å²) in [6, 6.07) is 0.349. The first kappa shape index (κ1) is 9.52. The standard InChI is InChI=1S/C9H18N2O/c1-3-9(12)11-5-4-8(6-10)7(11)2/h7-8H,3-6,10H2,1-2H3. The lowest BCUT2D eigenvalue weighted by Crippen LogP contribution is -2.36. The summed E-state index contributed by atoms with van der Waals surface area (Å²) in [5.74, 6) is 0.777. The Morgan fingerprint density at radius 3 is 2.75 bits per heavy atom. The van der Waals surface area contributed by atoms with Crippen LogP contribution >= 0.6 is 0 Å². The Balaban J connectivity index is 2.54. The van der Waals surface area contributed by atoms with Crippen LogP contribution in [-0.4, -0.2) is 29.9 Å². The molecule has 0 aromatic rings. The number of carbonyl (C=O) groups is 1. The van der Waals surface area contributed by atoms with E-state index in [1.807, 2.05) is 11.8 Å². The van der Waals surface area contributed by atoms with Gasteiger partial charge in [-0.15, -0.1) is 0 Å². The summed E-state index contributed by atoms with van der Waals surface area (Å²) in [5, 5.41) is 0. The van der Waals surface area contributed by atoms with Crippen molar-refractivity contribution in [2.45, 2.75) is 32.7 Å². The molecule has 3 nitrogen and oxygen atoms in total. The van der Waals surface area contributed by atoms with Crippen LogP contribution in [0.15, 0.2) is 0 Å². The number of nitrogens with zero attached hydrogens (tertiary/aromatic N) is 1. The molecule has 1 aliphatic heterocycles. The Morgan fingerprint density at radius 2 is 2.33 bits per heavy atom. The highest BCUT2D eigenvalue weighted by atomic mass is 16.2. The van der Waals surface area contributed by atoms with Gasteiger partial charge in [-0.25, -0.2) is 0 Å². The summed E-state index contributed by atoms with van der Waals surface area (Å²) < 4.78 is 0. The van der Waals surface area contributed by atoms with E-state index >= 15 is 0 Å². The van der Waals surface area contributed by atoms with E-state index in [9.17, 15) is 4.79 Å². The first-order valence-corrected chi connectivity index (χ1v) is 4.70. The van der Waals surface area contributed by atoms with Gasteiger partial charge in [-0.2, -0.15) is 0 Å². The van der Waals surface area contributed by atoms with Crippen LogP contribution in [0.4, 0.5) is 0 Å². The minimum atomic E-state index is 0.262. The van der Waals surface area contributed by atoms with Crippen LogP contribution in [0.25, 0.3) is 0 Å². The molecule has 1 heterocycles. The minimum Gasteiger partial charge on any atom is -0.340 e. The van der Waals surface area contributed by atoms with Gasteiger partial charge in [0, 0.05) is 19.0 Å². The van der Waals surface area contributed by atoms with Crippen molar-refractivity contribution in [1.82, 2.24) is 4.90 Å². The number of amides is 1. The van der Waals surface area contributed by atoms with Gasteiger partial charge >= 0.3 is 0 Å². The second kappa shape index (κ2) is 3.90. The van der Waals surface area contributed by atoms with Crippen LogP contribution in [-0.2, 0) is 4.79 Å². The van der Waals surface area contributed by atoms with E-state index in [0.29, 0.717) is 24.9 Å². The van der Waals surface area contributed by atoms with E-state index in [1.165, 1.54) is 0 Å². The lowest BCUT2D eigenvalue weighted by atomic mass is 10.0. The molecule has 0 aliphatic carbocycles. The van der Waals surface area contributed by atoms with Crippen LogP contribution in [0.5, 0.6) is 0 Å². The number of likely N-dealkylation sites (tertiary alicyclic amines) is 1. The van der Waals surface area contributed by atoms with E-state index in [-0.39, 0.29) is 5.91 Å². The summed E-state index contributed by atoms with van der Waals surface area (Å²) >= 11 is 0. The highest BCUT2D eigenvalue weighted by Gasteiger charge is 2.31. The smallest absolute Gasteiger partial charge is 0.222 e. The molecular formula is C9H18N2O. The number of rotatable bonds is 2. The molecular weight excluding hydrogens is 152 g/mol. The van der Waals surface area contributed by atoms with Crippen molar-refractivity contribution >= 4 is 5.91 Å². The van der Waals surface area contributed by atoms with Crippen molar-refractivity contribution in [2.24, 2.45) is 11.7 Å². The summed E-state index contributed by atoms with van der Waals surface area (Å²) in [7, 11) is 0. The summed E-state index contributed by atoms with van der Waals surface area (Å²) in [6.45, 7) is 5.60. The van der Waals surface area contributed by atoms with Crippen molar-refractivity contribution in [1.29, 1.82) is 0 Å². The van der Waals surface area contributed by atoms with Gasteiger partial charge in [0.2, 0.25) is 5.91 Å². The first-order chi connectivity index (χ1) is 5.70. The SMILES string of the molecule is CCC(=O)N1CCC(CN)C1C. The normalized spacial score (nSPS) is 29.4. The fraction of sp³-hybridized carbons (Fsp3) is 0.889. The third kappa shape index (κ3) is 1.61.